The van der Waals surface area contributed by atoms with E-state index in [1.54, 1.807) is 19.2 Å². The van der Waals surface area contributed by atoms with Crippen molar-refractivity contribution in [3.63, 3.8) is 0 Å². The molecule has 0 atom stereocenters. The van der Waals surface area contributed by atoms with E-state index in [0.717, 1.165) is 24.2 Å². The first kappa shape index (κ1) is 23.6. The van der Waals surface area contributed by atoms with Gasteiger partial charge in [-0.15, -0.1) is 0 Å². The van der Waals surface area contributed by atoms with Gasteiger partial charge in [0.05, 0.1) is 20.8 Å². The molecular weight excluding hydrogens is 434 g/mol. The number of nitrogens with one attached hydrogen (secondary N) is 2. The number of benzene rings is 2. The SMILES string of the molecule is COc1ccc(CNC(=O)CNC(=O)c2ccc(OC)c(S(=O)(=O)N3CCCC3)c2)cc1. The highest BCUT2D eigenvalue weighted by Crippen LogP contribution is 2.29. The van der Waals surface area contributed by atoms with Crippen LogP contribution in [0.15, 0.2) is 47.4 Å². The Hall–Kier alpha value is -3.11. The fourth-order valence-electron chi connectivity index (χ4n) is 3.36. The van der Waals surface area contributed by atoms with Crippen molar-refractivity contribution >= 4 is 21.8 Å². The molecule has 1 aliphatic rings. The van der Waals surface area contributed by atoms with Crippen LogP contribution in [0.4, 0.5) is 0 Å². The van der Waals surface area contributed by atoms with E-state index in [1.165, 1.54) is 29.6 Å². The molecule has 0 unspecified atom stereocenters. The molecule has 1 aliphatic heterocycles. The third-order valence-electron chi connectivity index (χ3n) is 5.17. The summed E-state index contributed by atoms with van der Waals surface area (Å²) < 4.78 is 37.6. The number of carbonyl (C=O) groups is 2. The van der Waals surface area contributed by atoms with Crippen molar-refractivity contribution in [3.05, 3.63) is 53.6 Å². The van der Waals surface area contributed by atoms with Crippen LogP contribution in [0.5, 0.6) is 11.5 Å². The molecule has 0 spiro atoms. The fourth-order valence-corrected chi connectivity index (χ4v) is 5.05. The van der Waals surface area contributed by atoms with E-state index in [1.807, 2.05) is 12.1 Å². The number of carbonyl (C=O) groups excluding carboxylic acids is 2. The lowest BCUT2D eigenvalue weighted by Gasteiger charge is -2.18. The second kappa shape index (κ2) is 10.5. The minimum absolute atomic E-state index is 0.0569. The van der Waals surface area contributed by atoms with Crippen molar-refractivity contribution in [2.24, 2.45) is 0 Å². The number of amides is 2. The minimum Gasteiger partial charge on any atom is -0.497 e. The van der Waals surface area contributed by atoms with Crippen LogP contribution in [0.3, 0.4) is 0 Å². The van der Waals surface area contributed by atoms with E-state index in [-0.39, 0.29) is 28.7 Å². The standard InChI is InChI=1S/C22H27N3O6S/c1-30-18-8-5-16(6-9-18)14-23-21(26)15-24-22(27)17-7-10-19(31-2)20(13-17)32(28,29)25-11-3-4-12-25/h5-10,13H,3-4,11-12,14-15H2,1-2H3,(H,23,26)(H,24,27). The van der Waals surface area contributed by atoms with Gasteiger partial charge < -0.3 is 20.1 Å². The maximum absolute atomic E-state index is 13.0. The van der Waals surface area contributed by atoms with Gasteiger partial charge in [0, 0.05) is 25.2 Å². The molecule has 2 aromatic rings. The van der Waals surface area contributed by atoms with Gasteiger partial charge in [0.2, 0.25) is 15.9 Å². The first-order valence-corrected chi connectivity index (χ1v) is 11.6. The molecule has 0 radical (unpaired) electrons. The summed E-state index contributed by atoms with van der Waals surface area (Å²) in [5.41, 5.74) is 1.02. The zero-order chi connectivity index (χ0) is 23.1. The number of hydrogen-bond donors (Lipinski definition) is 2. The van der Waals surface area contributed by atoms with E-state index in [9.17, 15) is 18.0 Å². The molecule has 172 valence electrons. The Morgan fingerprint density at radius 2 is 1.66 bits per heavy atom. The summed E-state index contributed by atoms with van der Waals surface area (Å²) in [6, 6.07) is 11.4. The highest BCUT2D eigenvalue weighted by Gasteiger charge is 2.30. The van der Waals surface area contributed by atoms with Crippen LogP contribution in [-0.2, 0) is 21.4 Å². The number of hydrogen-bond acceptors (Lipinski definition) is 6. The summed E-state index contributed by atoms with van der Waals surface area (Å²) in [4.78, 5) is 24.6. The van der Waals surface area contributed by atoms with E-state index in [4.69, 9.17) is 9.47 Å². The quantitative estimate of drug-likeness (QED) is 0.586. The second-order valence-corrected chi connectivity index (χ2v) is 9.19. The minimum atomic E-state index is -3.77. The van der Waals surface area contributed by atoms with E-state index < -0.39 is 15.9 Å². The summed E-state index contributed by atoms with van der Waals surface area (Å²) in [6.07, 6.45) is 1.60. The van der Waals surface area contributed by atoms with Gasteiger partial charge in [-0.25, -0.2) is 8.42 Å². The topological polar surface area (TPSA) is 114 Å². The third kappa shape index (κ3) is 5.57. The van der Waals surface area contributed by atoms with E-state index in [0.29, 0.717) is 19.6 Å². The van der Waals surface area contributed by atoms with Crippen molar-refractivity contribution in [2.45, 2.75) is 24.3 Å². The lowest BCUT2D eigenvalue weighted by Crippen LogP contribution is -2.36. The predicted molar refractivity (Wildman–Crippen MR) is 118 cm³/mol. The Kier molecular flexibility index (Phi) is 7.70. The van der Waals surface area contributed by atoms with Crippen LogP contribution >= 0.6 is 0 Å². The lowest BCUT2D eigenvalue weighted by molar-refractivity contribution is -0.120. The number of nitrogens with zero attached hydrogens (tertiary/aromatic N) is 1. The monoisotopic (exact) mass is 461 g/mol. The van der Waals surface area contributed by atoms with Gasteiger partial charge in [-0.05, 0) is 48.7 Å². The Bertz CT molecular complexity index is 1060. The number of sulfonamides is 1. The maximum atomic E-state index is 13.0. The molecule has 10 heteroatoms. The Morgan fingerprint density at radius 1 is 0.969 bits per heavy atom. The molecule has 1 heterocycles. The average Bonchev–Trinajstić information content (AvgIpc) is 3.37. The van der Waals surface area contributed by atoms with Gasteiger partial charge in [-0.1, -0.05) is 12.1 Å². The highest BCUT2D eigenvalue weighted by molar-refractivity contribution is 7.89. The highest BCUT2D eigenvalue weighted by atomic mass is 32.2. The molecule has 32 heavy (non-hydrogen) atoms. The fraction of sp³-hybridized carbons (Fsp3) is 0.364. The predicted octanol–water partition coefficient (Wildman–Crippen LogP) is 1.53. The summed E-state index contributed by atoms with van der Waals surface area (Å²) in [7, 11) is -0.816. The van der Waals surface area contributed by atoms with Crippen LogP contribution in [0.25, 0.3) is 0 Å². The van der Waals surface area contributed by atoms with Gasteiger partial charge in [0.15, 0.2) is 0 Å². The summed E-state index contributed by atoms with van der Waals surface area (Å²) in [5, 5.41) is 5.24. The number of rotatable bonds is 9. The summed E-state index contributed by atoms with van der Waals surface area (Å²) in [5.74, 6) is -0.0265. The smallest absolute Gasteiger partial charge is 0.251 e. The van der Waals surface area contributed by atoms with Crippen LogP contribution in [0.2, 0.25) is 0 Å². The van der Waals surface area contributed by atoms with Gasteiger partial charge in [0.1, 0.15) is 16.4 Å². The van der Waals surface area contributed by atoms with Gasteiger partial charge in [-0.3, -0.25) is 9.59 Å². The molecule has 2 N–H and O–H groups in total. The Labute approximate surface area is 187 Å². The lowest BCUT2D eigenvalue weighted by atomic mass is 10.2. The Morgan fingerprint density at radius 3 is 2.28 bits per heavy atom. The van der Waals surface area contributed by atoms with Crippen molar-refractivity contribution in [1.29, 1.82) is 0 Å². The second-order valence-electron chi connectivity index (χ2n) is 7.28. The van der Waals surface area contributed by atoms with Crippen molar-refractivity contribution in [2.75, 3.05) is 33.9 Å². The van der Waals surface area contributed by atoms with Gasteiger partial charge >= 0.3 is 0 Å². The molecule has 0 bridgehead atoms. The molecule has 0 aliphatic carbocycles. The zero-order valence-corrected chi connectivity index (χ0v) is 18.9. The van der Waals surface area contributed by atoms with Crippen LogP contribution in [0.1, 0.15) is 28.8 Å². The van der Waals surface area contributed by atoms with Crippen molar-refractivity contribution in [1.82, 2.24) is 14.9 Å². The van der Waals surface area contributed by atoms with E-state index in [2.05, 4.69) is 10.6 Å². The molecule has 1 fully saturated rings. The molecule has 9 nitrogen and oxygen atoms in total. The zero-order valence-electron chi connectivity index (χ0n) is 18.1. The van der Waals surface area contributed by atoms with Crippen LogP contribution < -0.4 is 20.1 Å². The molecule has 0 aromatic heterocycles. The molecule has 0 saturated carbocycles. The molecule has 2 amide bonds. The molecule has 2 aromatic carbocycles. The first-order valence-electron chi connectivity index (χ1n) is 10.2. The normalized spacial score (nSPS) is 14.1. The number of methoxy groups -OCH3 is 2. The Balaban J connectivity index is 1.61. The number of ether oxygens (including phenoxy) is 2. The van der Waals surface area contributed by atoms with Gasteiger partial charge in [0.25, 0.3) is 5.91 Å². The maximum Gasteiger partial charge on any atom is 0.251 e. The van der Waals surface area contributed by atoms with Crippen LogP contribution in [0, 0.1) is 0 Å². The summed E-state index contributed by atoms with van der Waals surface area (Å²) >= 11 is 0. The average molecular weight is 462 g/mol. The molecular formula is C22H27N3O6S. The molecule has 1 saturated heterocycles. The summed E-state index contributed by atoms with van der Waals surface area (Å²) in [6.45, 7) is 0.946. The van der Waals surface area contributed by atoms with Crippen LogP contribution in [-0.4, -0.2) is 58.4 Å². The van der Waals surface area contributed by atoms with E-state index >= 15 is 0 Å². The first-order chi connectivity index (χ1) is 15.3. The largest absolute Gasteiger partial charge is 0.497 e. The molecule has 3 rings (SSSR count). The van der Waals surface area contributed by atoms with Crippen molar-refractivity contribution < 1.29 is 27.5 Å². The van der Waals surface area contributed by atoms with Crippen molar-refractivity contribution in [3.8, 4) is 11.5 Å². The third-order valence-corrected chi connectivity index (χ3v) is 7.09. The van der Waals surface area contributed by atoms with Gasteiger partial charge in [-0.2, -0.15) is 4.31 Å².